The van der Waals surface area contributed by atoms with E-state index >= 15 is 0 Å². The standard InChI is InChI=1S/C24H22ClN5O2/c25-19-4-1-3-15(11-19)14-31-20-9-8-16-12-18(7-6-17(16)13-20)22-28-23(32-29-22)21-5-2-10-30(21)24(26)27/h1,3-4,6-9,11-13,21H,2,5,10,14H2,(H3,26,27). The van der Waals surface area contributed by atoms with E-state index in [0.29, 0.717) is 23.3 Å². The van der Waals surface area contributed by atoms with Crippen LogP contribution in [0, 0.1) is 5.41 Å². The molecule has 2 heterocycles. The van der Waals surface area contributed by atoms with Crippen molar-refractivity contribution in [1.82, 2.24) is 15.0 Å². The number of hydrogen-bond donors (Lipinski definition) is 2. The molecule has 1 unspecified atom stereocenters. The first-order valence-electron chi connectivity index (χ1n) is 10.4. The fourth-order valence-electron chi connectivity index (χ4n) is 4.05. The van der Waals surface area contributed by atoms with Gasteiger partial charge >= 0.3 is 0 Å². The molecule has 0 spiro atoms. The van der Waals surface area contributed by atoms with Crippen molar-refractivity contribution < 1.29 is 9.26 Å². The van der Waals surface area contributed by atoms with E-state index in [0.717, 1.165) is 47.0 Å². The van der Waals surface area contributed by atoms with Crippen LogP contribution in [0.3, 0.4) is 0 Å². The van der Waals surface area contributed by atoms with Gasteiger partial charge in [-0.3, -0.25) is 5.41 Å². The van der Waals surface area contributed by atoms with Crippen molar-refractivity contribution in [2.24, 2.45) is 5.73 Å². The lowest BCUT2D eigenvalue weighted by molar-refractivity contribution is 0.283. The Morgan fingerprint density at radius 3 is 2.84 bits per heavy atom. The van der Waals surface area contributed by atoms with Gasteiger partial charge in [-0.25, -0.2) is 0 Å². The second kappa shape index (κ2) is 8.51. The molecule has 162 valence electrons. The number of halogens is 1. The van der Waals surface area contributed by atoms with Crippen LogP contribution in [0.4, 0.5) is 0 Å². The molecule has 0 saturated carbocycles. The van der Waals surface area contributed by atoms with E-state index in [2.05, 4.69) is 10.1 Å². The Kier molecular flexibility index (Phi) is 5.41. The molecule has 4 aromatic rings. The van der Waals surface area contributed by atoms with Gasteiger partial charge in [-0.2, -0.15) is 4.98 Å². The minimum Gasteiger partial charge on any atom is -0.489 e. The molecule has 5 rings (SSSR count). The van der Waals surface area contributed by atoms with E-state index in [9.17, 15) is 0 Å². The molecule has 8 heteroatoms. The number of ether oxygens (including phenoxy) is 1. The summed E-state index contributed by atoms with van der Waals surface area (Å²) in [6.45, 7) is 1.18. The lowest BCUT2D eigenvalue weighted by Gasteiger charge is -2.21. The van der Waals surface area contributed by atoms with Crippen molar-refractivity contribution in [1.29, 1.82) is 5.41 Å². The molecular formula is C24H22ClN5O2. The van der Waals surface area contributed by atoms with Crippen LogP contribution in [0.25, 0.3) is 22.2 Å². The molecule has 0 bridgehead atoms. The highest BCUT2D eigenvalue weighted by Gasteiger charge is 2.31. The van der Waals surface area contributed by atoms with E-state index < -0.39 is 0 Å². The smallest absolute Gasteiger partial charge is 0.249 e. The molecule has 3 aromatic carbocycles. The SMILES string of the molecule is N=C(N)N1CCCC1c1nc(-c2ccc3cc(OCc4cccc(Cl)c4)ccc3c2)no1. The third-order valence-corrected chi connectivity index (χ3v) is 5.89. The fourth-order valence-corrected chi connectivity index (χ4v) is 4.26. The predicted molar refractivity (Wildman–Crippen MR) is 124 cm³/mol. The average Bonchev–Trinajstić information content (AvgIpc) is 3.47. The van der Waals surface area contributed by atoms with Gasteiger partial charge in [0.2, 0.25) is 11.7 Å². The van der Waals surface area contributed by atoms with Crippen LogP contribution in [0.15, 0.2) is 65.2 Å². The number of rotatable bonds is 5. The van der Waals surface area contributed by atoms with E-state index in [1.165, 1.54) is 0 Å². The zero-order valence-corrected chi connectivity index (χ0v) is 18.0. The zero-order chi connectivity index (χ0) is 22.1. The number of guanidine groups is 1. The Balaban J connectivity index is 1.33. The van der Waals surface area contributed by atoms with Gasteiger partial charge in [0.15, 0.2) is 5.96 Å². The summed E-state index contributed by atoms with van der Waals surface area (Å²) in [5.41, 5.74) is 7.57. The maximum absolute atomic E-state index is 7.74. The molecule has 7 nitrogen and oxygen atoms in total. The summed E-state index contributed by atoms with van der Waals surface area (Å²) in [5, 5.41) is 14.7. The van der Waals surface area contributed by atoms with Crippen molar-refractivity contribution in [2.45, 2.75) is 25.5 Å². The second-order valence-electron chi connectivity index (χ2n) is 7.84. The molecule has 1 atom stereocenters. The summed E-state index contributed by atoms with van der Waals surface area (Å²) in [6.07, 6.45) is 1.79. The Morgan fingerprint density at radius 1 is 1.16 bits per heavy atom. The monoisotopic (exact) mass is 447 g/mol. The summed E-state index contributed by atoms with van der Waals surface area (Å²) in [4.78, 5) is 6.38. The van der Waals surface area contributed by atoms with Gasteiger partial charge in [-0.1, -0.05) is 47.1 Å². The summed E-state index contributed by atoms with van der Waals surface area (Å²) >= 11 is 6.04. The molecule has 1 aromatic heterocycles. The quantitative estimate of drug-likeness (QED) is 0.324. The van der Waals surface area contributed by atoms with Crippen LogP contribution >= 0.6 is 11.6 Å². The first-order chi connectivity index (χ1) is 15.6. The number of nitrogens with one attached hydrogen (secondary N) is 1. The molecular weight excluding hydrogens is 426 g/mol. The Hall–Kier alpha value is -3.58. The molecule has 0 radical (unpaired) electrons. The van der Waals surface area contributed by atoms with Crippen LogP contribution in [0.5, 0.6) is 5.75 Å². The van der Waals surface area contributed by atoms with Gasteiger partial charge in [0.25, 0.3) is 0 Å². The lowest BCUT2D eigenvalue weighted by atomic mass is 10.1. The van der Waals surface area contributed by atoms with Crippen molar-refractivity contribution in [2.75, 3.05) is 6.54 Å². The minimum absolute atomic E-state index is 0.0336. The summed E-state index contributed by atoms with van der Waals surface area (Å²) < 4.78 is 11.4. The van der Waals surface area contributed by atoms with Gasteiger partial charge in [-0.05, 0) is 59.5 Å². The summed E-state index contributed by atoms with van der Waals surface area (Å²) in [7, 11) is 0. The highest BCUT2D eigenvalue weighted by atomic mass is 35.5. The van der Waals surface area contributed by atoms with Gasteiger partial charge in [0, 0.05) is 17.1 Å². The summed E-state index contributed by atoms with van der Waals surface area (Å²) in [6, 6.07) is 19.5. The Labute approximate surface area is 190 Å². The number of likely N-dealkylation sites (tertiary alicyclic amines) is 1. The number of hydrogen-bond acceptors (Lipinski definition) is 5. The van der Waals surface area contributed by atoms with Gasteiger partial charge in [-0.15, -0.1) is 0 Å². The molecule has 1 aliphatic rings. The number of nitrogens with zero attached hydrogens (tertiary/aromatic N) is 3. The Morgan fingerprint density at radius 2 is 2.00 bits per heavy atom. The van der Waals surface area contributed by atoms with Crippen molar-refractivity contribution in [3.8, 4) is 17.1 Å². The largest absolute Gasteiger partial charge is 0.489 e. The van der Waals surface area contributed by atoms with Gasteiger partial charge in [0.05, 0.1) is 0 Å². The molecule has 0 aliphatic carbocycles. The van der Waals surface area contributed by atoms with E-state index in [1.807, 2.05) is 60.7 Å². The molecule has 32 heavy (non-hydrogen) atoms. The van der Waals surface area contributed by atoms with Crippen LogP contribution in [-0.2, 0) is 6.61 Å². The van der Waals surface area contributed by atoms with Gasteiger partial charge in [0.1, 0.15) is 18.4 Å². The third kappa shape index (κ3) is 4.11. The number of fused-ring (bicyclic) bond motifs is 1. The second-order valence-corrected chi connectivity index (χ2v) is 8.27. The minimum atomic E-state index is -0.131. The number of aromatic nitrogens is 2. The third-order valence-electron chi connectivity index (χ3n) is 5.65. The van der Waals surface area contributed by atoms with Crippen molar-refractivity contribution >= 4 is 28.3 Å². The van der Waals surface area contributed by atoms with Crippen LogP contribution in [0.2, 0.25) is 5.02 Å². The van der Waals surface area contributed by atoms with E-state index in [-0.39, 0.29) is 12.0 Å². The topological polar surface area (TPSA) is 101 Å². The Bertz CT molecular complexity index is 1290. The van der Waals surface area contributed by atoms with Crippen LogP contribution < -0.4 is 10.5 Å². The molecule has 1 fully saturated rings. The highest BCUT2D eigenvalue weighted by molar-refractivity contribution is 6.30. The fraction of sp³-hybridized carbons (Fsp3) is 0.208. The van der Waals surface area contributed by atoms with Gasteiger partial charge < -0.3 is 19.9 Å². The van der Waals surface area contributed by atoms with Crippen LogP contribution in [0.1, 0.15) is 30.3 Å². The van der Waals surface area contributed by atoms with Crippen molar-refractivity contribution in [3.63, 3.8) is 0 Å². The summed E-state index contributed by atoms with van der Waals surface area (Å²) in [5.74, 6) is 1.85. The zero-order valence-electron chi connectivity index (χ0n) is 17.3. The van der Waals surface area contributed by atoms with E-state index in [4.69, 9.17) is 32.0 Å². The first kappa shape index (κ1) is 20.3. The molecule has 0 amide bonds. The normalized spacial score (nSPS) is 15.9. The molecule has 3 N–H and O–H groups in total. The maximum Gasteiger partial charge on any atom is 0.249 e. The van der Waals surface area contributed by atoms with E-state index in [1.54, 1.807) is 4.90 Å². The molecule has 1 saturated heterocycles. The predicted octanol–water partition coefficient (Wildman–Crippen LogP) is 5.15. The maximum atomic E-state index is 7.74. The van der Waals surface area contributed by atoms with Crippen molar-refractivity contribution in [3.05, 3.63) is 77.1 Å². The number of benzene rings is 3. The molecule has 1 aliphatic heterocycles. The van der Waals surface area contributed by atoms with Crippen LogP contribution in [-0.4, -0.2) is 27.5 Å². The lowest BCUT2D eigenvalue weighted by Crippen LogP contribution is -2.35. The first-order valence-corrected chi connectivity index (χ1v) is 10.8. The average molecular weight is 448 g/mol. The number of nitrogens with two attached hydrogens (primary N) is 1. The highest BCUT2D eigenvalue weighted by Crippen LogP contribution is 2.32.